The molecule has 1 rings (SSSR count). The maximum absolute atomic E-state index is 11.3. The molecule has 5 heteroatoms. The molecule has 102 valence electrons. The van der Waals surface area contributed by atoms with E-state index >= 15 is 0 Å². The third-order valence-electron chi connectivity index (χ3n) is 2.60. The molecule has 0 spiro atoms. The lowest BCUT2D eigenvalue weighted by Gasteiger charge is -2.17. The molecule has 1 amide bonds. The summed E-state index contributed by atoms with van der Waals surface area (Å²) in [5.41, 5.74) is 1.20. The van der Waals surface area contributed by atoms with Gasteiger partial charge in [-0.3, -0.25) is 9.59 Å². The highest BCUT2D eigenvalue weighted by Gasteiger charge is 2.15. The first kappa shape index (κ1) is 14.9. The summed E-state index contributed by atoms with van der Waals surface area (Å²) in [5.74, 6) is -0.645. The van der Waals surface area contributed by atoms with E-state index in [2.05, 4.69) is 10.1 Å². The normalized spacial score (nSPS) is 11.5. The van der Waals surface area contributed by atoms with Crippen molar-refractivity contribution < 1.29 is 19.1 Å². The predicted molar refractivity (Wildman–Crippen MR) is 69.6 cm³/mol. The van der Waals surface area contributed by atoms with Gasteiger partial charge >= 0.3 is 5.97 Å². The van der Waals surface area contributed by atoms with Gasteiger partial charge in [0.15, 0.2) is 0 Å². The molecule has 0 saturated carbocycles. The first-order valence-electron chi connectivity index (χ1n) is 5.89. The summed E-state index contributed by atoms with van der Waals surface area (Å²) in [6.07, 6.45) is 0.219. The molecule has 0 aliphatic carbocycles. The number of rotatable bonds is 5. The molecule has 0 bridgehead atoms. The van der Waals surface area contributed by atoms with Crippen molar-refractivity contribution in [1.82, 2.24) is 5.32 Å². The molecule has 5 nitrogen and oxygen atoms in total. The topological polar surface area (TPSA) is 72.5 Å². The Morgan fingerprint density at radius 2 is 1.74 bits per heavy atom. The number of Topliss-reactive ketones (excluding diaryl/α,β-unsaturated/α-hetero) is 1. The van der Waals surface area contributed by atoms with Crippen LogP contribution in [0, 0.1) is 0 Å². The zero-order valence-corrected chi connectivity index (χ0v) is 11.2. The van der Waals surface area contributed by atoms with Crippen LogP contribution in [-0.4, -0.2) is 24.8 Å². The van der Waals surface area contributed by atoms with E-state index in [9.17, 15) is 14.4 Å². The van der Waals surface area contributed by atoms with Crippen molar-refractivity contribution in [2.75, 3.05) is 7.11 Å². The van der Waals surface area contributed by atoms with Gasteiger partial charge in [-0.15, -0.1) is 0 Å². The number of carbonyl (C=O) groups is 3. The fourth-order valence-corrected chi connectivity index (χ4v) is 1.75. The van der Waals surface area contributed by atoms with Crippen molar-refractivity contribution in [3.8, 4) is 0 Å². The van der Waals surface area contributed by atoms with Crippen LogP contribution in [-0.2, 0) is 14.3 Å². The molecule has 1 aromatic rings. The number of benzene rings is 1. The zero-order valence-electron chi connectivity index (χ0n) is 11.2. The summed E-state index contributed by atoms with van der Waals surface area (Å²) in [5, 5.41) is 2.71. The number of methoxy groups -OCH3 is 1. The summed E-state index contributed by atoms with van der Waals surface area (Å²) in [4.78, 5) is 33.6. The van der Waals surface area contributed by atoms with Crippen LogP contribution in [0.3, 0.4) is 0 Å². The number of hydrogen-bond acceptors (Lipinski definition) is 4. The fourth-order valence-electron chi connectivity index (χ4n) is 1.75. The molecule has 0 heterocycles. The molecule has 19 heavy (non-hydrogen) atoms. The summed E-state index contributed by atoms with van der Waals surface area (Å²) in [6.45, 7) is 2.87. The van der Waals surface area contributed by atoms with Crippen LogP contribution in [0.2, 0.25) is 0 Å². The molecule has 1 aromatic carbocycles. The minimum Gasteiger partial charge on any atom is -0.465 e. The van der Waals surface area contributed by atoms with Gasteiger partial charge in [0.1, 0.15) is 5.78 Å². The molecule has 0 aromatic heterocycles. The number of nitrogens with one attached hydrogen (secondary N) is 1. The van der Waals surface area contributed by atoms with Crippen molar-refractivity contribution in [2.45, 2.75) is 26.3 Å². The van der Waals surface area contributed by atoms with E-state index in [1.165, 1.54) is 21.0 Å². The van der Waals surface area contributed by atoms with Crippen molar-refractivity contribution >= 4 is 17.7 Å². The van der Waals surface area contributed by atoms with Crippen LogP contribution in [0.5, 0.6) is 0 Å². The number of ketones is 1. The Labute approximate surface area is 111 Å². The molecule has 0 fully saturated rings. The van der Waals surface area contributed by atoms with Crippen molar-refractivity contribution in [1.29, 1.82) is 0 Å². The van der Waals surface area contributed by atoms with E-state index in [1.807, 2.05) is 0 Å². The average molecular weight is 263 g/mol. The molecule has 0 aliphatic heterocycles. The van der Waals surface area contributed by atoms with E-state index < -0.39 is 5.97 Å². The molecule has 1 N–H and O–H groups in total. The number of carbonyl (C=O) groups excluding carboxylic acids is 3. The molecule has 1 unspecified atom stereocenters. The minimum absolute atomic E-state index is 0.0178. The Morgan fingerprint density at radius 3 is 2.16 bits per heavy atom. The second-order valence-electron chi connectivity index (χ2n) is 4.27. The van der Waals surface area contributed by atoms with Crippen molar-refractivity contribution in [2.24, 2.45) is 0 Å². The maximum Gasteiger partial charge on any atom is 0.337 e. The van der Waals surface area contributed by atoms with Crippen LogP contribution >= 0.6 is 0 Å². The average Bonchev–Trinajstić information content (AvgIpc) is 2.36. The van der Waals surface area contributed by atoms with Crippen molar-refractivity contribution in [3.63, 3.8) is 0 Å². The summed E-state index contributed by atoms with van der Waals surface area (Å²) < 4.78 is 4.60. The minimum atomic E-state index is -0.422. The zero-order chi connectivity index (χ0) is 14.4. The Bertz CT molecular complexity index is 463. The largest absolute Gasteiger partial charge is 0.465 e. The molecule has 0 saturated heterocycles. The van der Waals surface area contributed by atoms with Crippen LogP contribution in [0.25, 0.3) is 0 Å². The highest BCUT2D eigenvalue weighted by Crippen LogP contribution is 2.18. The van der Waals surface area contributed by atoms with E-state index in [0.717, 1.165) is 5.56 Å². The van der Waals surface area contributed by atoms with E-state index in [1.54, 1.807) is 24.3 Å². The number of ether oxygens (including phenoxy) is 1. The lowest BCUT2D eigenvalue weighted by molar-refractivity contribution is -0.120. The second-order valence-corrected chi connectivity index (χ2v) is 4.27. The van der Waals surface area contributed by atoms with Gasteiger partial charge < -0.3 is 10.1 Å². The Balaban J connectivity index is 2.93. The Kier molecular flexibility index (Phi) is 5.23. The van der Waals surface area contributed by atoms with E-state index in [0.29, 0.717) is 5.56 Å². The van der Waals surface area contributed by atoms with Crippen LogP contribution in [0.15, 0.2) is 24.3 Å². The number of hydrogen-bond donors (Lipinski definition) is 1. The van der Waals surface area contributed by atoms with Crippen LogP contribution < -0.4 is 5.32 Å². The van der Waals surface area contributed by atoms with Crippen molar-refractivity contribution in [3.05, 3.63) is 35.4 Å². The van der Waals surface area contributed by atoms with Gasteiger partial charge in [-0.2, -0.15) is 0 Å². The smallest absolute Gasteiger partial charge is 0.337 e. The van der Waals surface area contributed by atoms with Gasteiger partial charge in [-0.25, -0.2) is 4.79 Å². The summed E-state index contributed by atoms with van der Waals surface area (Å²) in [7, 11) is 1.31. The highest BCUT2D eigenvalue weighted by atomic mass is 16.5. The first-order valence-corrected chi connectivity index (χ1v) is 5.89. The van der Waals surface area contributed by atoms with Gasteiger partial charge in [0.2, 0.25) is 5.91 Å². The van der Waals surface area contributed by atoms with Crippen LogP contribution in [0.1, 0.15) is 42.2 Å². The highest BCUT2D eigenvalue weighted by molar-refractivity contribution is 5.89. The Hall–Kier alpha value is -2.17. The third-order valence-corrected chi connectivity index (χ3v) is 2.60. The first-order chi connectivity index (χ1) is 8.93. The number of esters is 1. The monoisotopic (exact) mass is 263 g/mol. The lowest BCUT2D eigenvalue weighted by Crippen LogP contribution is -2.27. The van der Waals surface area contributed by atoms with Gasteiger partial charge in [-0.05, 0) is 24.6 Å². The molecule has 0 aliphatic rings. The standard InChI is InChI=1S/C14H17NO4/c1-9(16)8-13(15-10(2)17)11-4-6-12(7-5-11)14(18)19-3/h4-7,13H,8H2,1-3H3,(H,15,17). The van der Waals surface area contributed by atoms with E-state index in [4.69, 9.17) is 0 Å². The SMILES string of the molecule is COC(=O)c1ccc(C(CC(C)=O)NC(C)=O)cc1. The third kappa shape index (κ3) is 4.54. The van der Waals surface area contributed by atoms with Crippen LogP contribution in [0.4, 0.5) is 0 Å². The fraction of sp³-hybridized carbons (Fsp3) is 0.357. The molecular weight excluding hydrogens is 246 g/mol. The lowest BCUT2D eigenvalue weighted by atomic mass is 10.0. The second kappa shape index (κ2) is 6.68. The molecular formula is C14H17NO4. The summed E-state index contributed by atoms with van der Waals surface area (Å²) >= 11 is 0. The van der Waals surface area contributed by atoms with Gasteiger partial charge in [0, 0.05) is 13.3 Å². The van der Waals surface area contributed by atoms with Gasteiger partial charge in [0.05, 0.1) is 18.7 Å². The molecule has 1 atom stereocenters. The summed E-state index contributed by atoms with van der Waals surface area (Å²) in [6, 6.07) is 6.25. The van der Waals surface area contributed by atoms with E-state index in [-0.39, 0.29) is 24.2 Å². The Morgan fingerprint density at radius 1 is 1.16 bits per heavy atom. The van der Waals surface area contributed by atoms with Gasteiger partial charge in [0.25, 0.3) is 0 Å². The molecule has 0 radical (unpaired) electrons. The number of amides is 1. The maximum atomic E-state index is 11.3. The van der Waals surface area contributed by atoms with Gasteiger partial charge in [-0.1, -0.05) is 12.1 Å². The predicted octanol–water partition coefficient (Wildman–Crippen LogP) is 1.63. The quantitative estimate of drug-likeness (QED) is 0.819.